The number of nitrogens with zero attached hydrogens (tertiary/aromatic N) is 2. The first-order chi connectivity index (χ1) is 9.70. The number of rotatable bonds is 4. The van der Waals surface area contributed by atoms with Gasteiger partial charge in [-0.2, -0.15) is 5.10 Å². The summed E-state index contributed by atoms with van der Waals surface area (Å²) in [6, 6.07) is 7.22. The maximum absolute atomic E-state index is 14.2. The third-order valence-electron chi connectivity index (χ3n) is 3.42. The zero-order valence-corrected chi connectivity index (χ0v) is 12.3. The molecular weight excluding hydrogens is 273 g/mol. The third-order valence-corrected chi connectivity index (χ3v) is 4.62. The number of thiophene rings is 1. The zero-order chi connectivity index (χ0) is 14.1. The molecule has 0 bridgehead atoms. The lowest BCUT2D eigenvalue weighted by Crippen LogP contribution is -2.09. The maximum atomic E-state index is 14.2. The quantitative estimate of drug-likeness (QED) is 0.798. The molecule has 5 heteroatoms. The maximum Gasteiger partial charge on any atom is 0.132 e. The molecule has 20 heavy (non-hydrogen) atoms. The van der Waals surface area contributed by atoms with Crippen molar-refractivity contribution in [3.05, 3.63) is 52.4 Å². The summed E-state index contributed by atoms with van der Waals surface area (Å²) in [5.41, 5.74) is 2.11. The molecule has 0 saturated heterocycles. The lowest BCUT2D eigenvalue weighted by atomic mass is 10.1. The van der Waals surface area contributed by atoms with E-state index in [-0.39, 0.29) is 5.82 Å². The van der Waals surface area contributed by atoms with Crippen LogP contribution in [0.4, 0.5) is 4.39 Å². The molecule has 0 aliphatic carbocycles. The molecule has 0 atom stereocenters. The first kappa shape index (κ1) is 13.3. The molecule has 3 nitrogen and oxygen atoms in total. The van der Waals surface area contributed by atoms with Crippen LogP contribution >= 0.6 is 11.3 Å². The SMILES string of the molecule is CNCc1sc2cccc(F)c2c1Cn1nccc1C. The molecule has 104 valence electrons. The van der Waals surface area contributed by atoms with E-state index in [9.17, 15) is 4.39 Å². The Labute approximate surface area is 121 Å². The highest BCUT2D eigenvalue weighted by molar-refractivity contribution is 7.19. The van der Waals surface area contributed by atoms with E-state index >= 15 is 0 Å². The summed E-state index contributed by atoms with van der Waals surface area (Å²) in [5, 5.41) is 8.20. The average molecular weight is 289 g/mol. The van der Waals surface area contributed by atoms with Crippen LogP contribution in [0.2, 0.25) is 0 Å². The Bertz CT molecular complexity index is 745. The first-order valence-electron chi connectivity index (χ1n) is 6.52. The van der Waals surface area contributed by atoms with Gasteiger partial charge in [-0.25, -0.2) is 4.39 Å². The Morgan fingerprint density at radius 2 is 2.20 bits per heavy atom. The molecule has 0 spiro atoms. The molecule has 0 aliphatic rings. The van der Waals surface area contributed by atoms with Gasteiger partial charge in [-0.1, -0.05) is 6.07 Å². The molecular formula is C15H16FN3S. The highest BCUT2D eigenvalue weighted by Crippen LogP contribution is 2.33. The summed E-state index contributed by atoms with van der Waals surface area (Å²) in [7, 11) is 1.91. The number of benzene rings is 1. The van der Waals surface area contributed by atoms with Crippen molar-refractivity contribution in [2.45, 2.75) is 20.0 Å². The minimum absolute atomic E-state index is 0.152. The van der Waals surface area contributed by atoms with Crippen molar-refractivity contribution < 1.29 is 4.39 Å². The van der Waals surface area contributed by atoms with Gasteiger partial charge in [0, 0.05) is 33.4 Å². The second-order valence-electron chi connectivity index (χ2n) is 4.78. The Hall–Kier alpha value is -1.72. The van der Waals surface area contributed by atoms with E-state index in [1.54, 1.807) is 23.6 Å². The number of nitrogens with one attached hydrogen (secondary N) is 1. The molecule has 0 saturated carbocycles. The van der Waals surface area contributed by atoms with Crippen molar-refractivity contribution >= 4 is 21.4 Å². The minimum atomic E-state index is -0.152. The molecule has 1 N–H and O–H groups in total. The Morgan fingerprint density at radius 1 is 1.35 bits per heavy atom. The monoisotopic (exact) mass is 289 g/mol. The van der Waals surface area contributed by atoms with Crippen molar-refractivity contribution in [1.29, 1.82) is 0 Å². The van der Waals surface area contributed by atoms with Crippen molar-refractivity contribution in [3.8, 4) is 0 Å². The van der Waals surface area contributed by atoms with Crippen LogP contribution in [0.15, 0.2) is 30.5 Å². The van der Waals surface area contributed by atoms with Gasteiger partial charge in [0.25, 0.3) is 0 Å². The van der Waals surface area contributed by atoms with Gasteiger partial charge in [-0.3, -0.25) is 4.68 Å². The van der Waals surface area contributed by atoms with Crippen molar-refractivity contribution in [3.63, 3.8) is 0 Å². The van der Waals surface area contributed by atoms with Gasteiger partial charge in [0.15, 0.2) is 0 Å². The predicted molar refractivity (Wildman–Crippen MR) is 80.6 cm³/mol. The number of halogens is 1. The van der Waals surface area contributed by atoms with Crippen LogP contribution in [-0.2, 0) is 13.1 Å². The number of fused-ring (bicyclic) bond motifs is 1. The summed E-state index contributed by atoms with van der Waals surface area (Å²) >= 11 is 1.65. The number of hydrogen-bond donors (Lipinski definition) is 1. The summed E-state index contributed by atoms with van der Waals surface area (Å²) < 4.78 is 17.1. The van der Waals surface area contributed by atoms with E-state index in [1.165, 1.54) is 10.9 Å². The molecule has 0 fully saturated rings. The summed E-state index contributed by atoms with van der Waals surface area (Å²) in [4.78, 5) is 1.17. The van der Waals surface area contributed by atoms with Crippen molar-refractivity contribution in [2.75, 3.05) is 7.05 Å². The highest BCUT2D eigenvalue weighted by atomic mass is 32.1. The van der Waals surface area contributed by atoms with Gasteiger partial charge in [0.1, 0.15) is 5.82 Å². The highest BCUT2D eigenvalue weighted by Gasteiger charge is 2.16. The fourth-order valence-corrected chi connectivity index (χ4v) is 3.64. The van der Waals surface area contributed by atoms with E-state index in [2.05, 4.69) is 10.4 Å². The summed E-state index contributed by atoms with van der Waals surface area (Å²) in [5.74, 6) is -0.152. The van der Waals surface area contributed by atoms with E-state index in [0.29, 0.717) is 6.54 Å². The van der Waals surface area contributed by atoms with Crippen LogP contribution in [0.3, 0.4) is 0 Å². The second-order valence-corrected chi connectivity index (χ2v) is 5.91. The van der Waals surface area contributed by atoms with E-state index in [0.717, 1.165) is 27.9 Å². The lowest BCUT2D eigenvalue weighted by Gasteiger charge is -2.07. The van der Waals surface area contributed by atoms with Gasteiger partial charge >= 0.3 is 0 Å². The lowest BCUT2D eigenvalue weighted by molar-refractivity contribution is 0.631. The largest absolute Gasteiger partial charge is 0.315 e. The summed E-state index contributed by atoms with van der Waals surface area (Å²) in [6.45, 7) is 3.36. The third kappa shape index (κ3) is 2.23. The summed E-state index contributed by atoms with van der Waals surface area (Å²) in [6.07, 6.45) is 1.78. The molecule has 0 aliphatic heterocycles. The van der Waals surface area contributed by atoms with Crippen LogP contribution in [0.1, 0.15) is 16.1 Å². The molecule has 3 aromatic rings. The van der Waals surface area contributed by atoms with Crippen molar-refractivity contribution in [1.82, 2.24) is 15.1 Å². The Morgan fingerprint density at radius 3 is 2.90 bits per heavy atom. The average Bonchev–Trinajstić information content (AvgIpc) is 2.97. The number of aromatic nitrogens is 2. The second kappa shape index (κ2) is 5.34. The van der Waals surface area contributed by atoms with Crippen molar-refractivity contribution in [2.24, 2.45) is 0 Å². The van der Waals surface area contributed by atoms with Gasteiger partial charge < -0.3 is 5.32 Å². The molecule has 0 unspecified atom stereocenters. The predicted octanol–water partition coefficient (Wildman–Crippen LogP) is 3.31. The zero-order valence-electron chi connectivity index (χ0n) is 11.5. The fraction of sp³-hybridized carbons (Fsp3) is 0.267. The van der Waals surface area contributed by atoms with Gasteiger partial charge in [-0.05, 0) is 37.7 Å². The van der Waals surface area contributed by atoms with Crippen LogP contribution in [-0.4, -0.2) is 16.8 Å². The fourth-order valence-electron chi connectivity index (χ4n) is 2.40. The van der Waals surface area contributed by atoms with E-state index in [4.69, 9.17) is 0 Å². The van der Waals surface area contributed by atoms with Crippen LogP contribution in [0.25, 0.3) is 10.1 Å². The van der Waals surface area contributed by atoms with Crippen LogP contribution in [0.5, 0.6) is 0 Å². The normalized spacial score (nSPS) is 11.3. The van der Waals surface area contributed by atoms with Gasteiger partial charge in [0.2, 0.25) is 0 Å². The molecule has 1 aromatic carbocycles. The van der Waals surface area contributed by atoms with Gasteiger partial charge in [-0.15, -0.1) is 11.3 Å². The van der Waals surface area contributed by atoms with Crippen LogP contribution < -0.4 is 5.32 Å². The Kier molecular flexibility index (Phi) is 3.54. The van der Waals surface area contributed by atoms with E-state index in [1.807, 2.05) is 30.8 Å². The standard InChI is InChI=1S/C15H16FN3S/c1-10-6-7-18-19(10)9-11-14(8-17-2)20-13-5-3-4-12(16)15(11)13/h3-7,17H,8-9H2,1-2H3. The Balaban J connectivity index is 2.15. The number of aryl methyl sites for hydroxylation is 1. The molecule has 0 radical (unpaired) electrons. The minimum Gasteiger partial charge on any atom is -0.315 e. The van der Waals surface area contributed by atoms with E-state index < -0.39 is 0 Å². The molecule has 3 rings (SSSR count). The smallest absolute Gasteiger partial charge is 0.132 e. The number of hydrogen-bond acceptors (Lipinski definition) is 3. The molecule has 2 aromatic heterocycles. The van der Waals surface area contributed by atoms with Gasteiger partial charge in [0.05, 0.1) is 6.54 Å². The topological polar surface area (TPSA) is 29.9 Å². The first-order valence-corrected chi connectivity index (χ1v) is 7.34. The molecule has 0 amide bonds. The van der Waals surface area contributed by atoms with Crippen LogP contribution in [0, 0.1) is 12.7 Å². The molecule has 2 heterocycles.